The van der Waals surface area contributed by atoms with Gasteiger partial charge >= 0.3 is 0 Å². The van der Waals surface area contributed by atoms with Crippen LogP contribution >= 0.6 is 0 Å². The molecule has 1 heterocycles. The zero-order valence-corrected chi connectivity index (χ0v) is 17.8. The molecule has 0 bridgehead atoms. The van der Waals surface area contributed by atoms with Crippen molar-refractivity contribution >= 4 is 16.7 Å². The van der Waals surface area contributed by atoms with Crippen molar-refractivity contribution in [3.8, 4) is 0 Å². The second-order valence-corrected chi connectivity index (χ2v) is 6.50. The van der Waals surface area contributed by atoms with Crippen LogP contribution in [0.4, 0.5) is 0 Å². The topological polar surface area (TPSA) is 39.1 Å². The second-order valence-electron chi connectivity index (χ2n) is 6.50. The van der Waals surface area contributed by atoms with E-state index in [1.807, 2.05) is 65.0 Å². The van der Waals surface area contributed by atoms with Gasteiger partial charge in [0.05, 0.1) is 11.1 Å². The first-order valence-electron chi connectivity index (χ1n) is 10.4. The van der Waals surface area contributed by atoms with Gasteiger partial charge in [0.2, 0.25) is 0 Å². The number of allylic oxidation sites excluding steroid dienone is 2. The standard InChI is InChI=1S/C20H23NO2.2C2H6/c1-14-16-10-6-7-11-17(16)21(2)20(23)19(14)18(22)13-12-15-8-4-3-5-9-15;2*1-2/h6-7,10-13,15H,3-5,8-9H2,1-2H3;2*1-2H3/b13-12+;;. The third-order valence-corrected chi connectivity index (χ3v) is 4.98. The Morgan fingerprint density at radius 3 is 2.26 bits per heavy atom. The van der Waals surface area contributed by atoms with Crippen LogP contribution in [0.2, 0.25) is 0 Å². The summed E-state index contributed by atoms with van der Waals surface area (Å²) in [4.78, 5) is 25.2. The van der Waals surface area contributed by atoms with Gasteiger partial charge in [-0.1, -0.05) is 71.2 Å². The fourth-order valence-electron chi connectivity index (χ4n) is 3.58. The monoisotopic (exact) mass is 369 g/mol. The summed E-state index contributed by atoms with van der Waals surface area (Å²) < 4.78 is 1.57. The van der Waals surface area contributed by atoms with Crippen LogP contribution in [-0.4, -0.2) is 10.4 Å². The molecule has 0 radical (unpaired) electrons. The summed E-state index contributed by atoms with van der Waals surface area (Å²) in [5.41, 5.74) is 1.74. The average Bonchev–Trinajstić information content (AvgIpc) is 2.74. The van der Waals surface area contributed by atoms with Crippen molar-refractivity contribution in [1.82, 2.24) is 4.57 Å². The lowest BCUT2D eigenvalue weighted by Gasteiger charge is -2.17. The molecule has 3 heteroatoms. The molecule has 3 rings (SSSR count). The van der Waals surface area contributed by atoms with Gasteiger partial charge in [-0.15, -0.1) is 0 Å². The van der Waals surface area contributed by atoms with E-state index in [0.29, 0.717) is 11.5 Å². The van der Waals surface area contributed by atoms with Gasteiger partial charge in [-0.25, -0.2) is 0 Å². The zero-order chi connectivity index (χ0) is 20.4. The zero-order valence-electron chi connectivity index (χ0n) is 17.8. The first-order chi connectivity index (χ1) is 13.1. The fourth-order valence-corrected chi connectivity index (χ4v) is 3.58. The Morgan fingerprint density at radius 2 is 1.63 bits per heavy atom. The molecule has 0 N–H and O–H groups in total. The number of rotatable bonds is 3. The van der Waals surface area contributed by atoms with Crippen LogP contribution in [0.3, 0.4) is 0 Å². The molecule has 0 saturated heterocycles. The van der Waals surface area contributed by atoms with Crippen LogP contribution in [0.5, 0.6) is 0 Å². The Balaban J connectivity index is 0.000000855. The van der Waals surface area contributed by atoms with E-state index in [9.17, 15) is 9.59 Å². The second kappa shape index (κ2) is 11.5. The Bertz CT molecular complexity index is 824. The van der Waals surface area contributed by atoms with Crippen molar-refractivity contribution in [2.75, 3.05) is 0 Å². The summed E-state index contributed by atoms with van der Waals surface area (Å²) in [6, 6.07) is 7.72. The average molecular weight is 370 g/mol. The molecule has 148 valence electrons. The lowest BCUT2D eigenvalue weighted by molar-refractivity contribution is 0.104. The largest absolute Gasteiger partial charge is 0.311 e. The predicted octanol–water partition coefficient (Wildman–Crippen LogP) is 6.22. The number of fused-ring (bicyclic) bond motifs is 1. The Kier molecular flexibility index (Phi) is 9.77. The van der Waals surface area contributed by atoms with Crippen LogP contribution in [-0.2, 0) is 7.05 Å². The molecule has 0 atom stereocenters. The van der Waals surface area contributed by atoms with Crippen molar-refractivity contribution in [2.45, 2.75) is 66.7 Å². The molecule has 1 aromatic heterocycles. The quantitative estimate of drug-likeness (QED) is 0.476. The number of carbonyl (C=O) groups is 1. The van der Waals surface area contributed by atoms with Gasteiger partial charge in [0.25, 0.3) is 5.56 Å². The van der Waals surface area contributed by atoms with Crippen molar-refractivity contribution in [3.63, 3.8) is 0 Å². The van der Waals surface area contributed by atoms with Crippen molar-refractivity contribution < 1.29 is 4.79 Å². The molecular formula is C24H35NO2. The Morgan fingerprint density at radius 1 is 1.04 bits per heavy atom. The molecule has 1 saturated carbocycles. The van der Waals surface area contributed by atoms with Gasteiger partial charge in [0.15, 0.2) is 5.78 Å². The highest BCUT2D eigenvalue weighted by atomic mass is 16.1. The number of aromatic nitrogens is 1. The van der Waals surface area contributed by atoms with E-state index in [1.165, 1.54) is 19.3 Å². The van der Waals surface area contributed by atoms with Gasteiger partial charge in [0, 0.05) is 12.4 Å². The number of aryl methyl sites for hydroxylation is 2. The minimum Gasteiger partial charge on any atom is -0.311 e. The molecule has 0 amide bonds. The van der Waals surface area contributed by atoms with Gasteiger partial charge in [-0.2, -0.15) is 0 Å². The smallest absolute Gasteiger partial charge is 0.262 e. The minimum atomic E-state index is -0.209. The molecule has 0 unspecified atom stereocenters. The molecule has 0 aliphatic heterocycles. The summed E-state index contributed by atoms with van der Waals surface area (Å²) in [7, 11) is 1.73. The third-order valence-electron chi connectivity index (χ3n) is 4.98. The molecule has 1 fully saturated rings. The summed E-state index contributed by atoms with van der Waals surface area (Å²) in [5.74, 6) is 0.316. The number of hydrogen-bond donors (Lipinski definition) is 0. The van der Waals surface area contributed by atoms with E-state index in [4.69, 9.17) is 0 Å². The van der Waals surface area contributed by atoms with Gasteiger partial charge in [-0.05, 0) is 43.4 Å². The van der Waals surface area contributed by atoms with E-state index >= 15 is 0 Å². The number of hydrogen-bond acceptors (Lipinski definition) is 2. The molecule has 27 heavy (non-hydrogen) atoms. The molecule has 2 aromatic rings. The van der Waals surface area contributed by atoms with Crippen LogP contribution in [0.1, 0.15) is 75.7 Å². The van der Waals surface area contributed by atoms with Gasteiger partial charge in [0.1, 0.15) is 0 Å². The highest BCUT2D eigenvalue weighted by Crippen LogP contribution is 2.25. The van der Waals surface area contributed by atoms with Crippen LogP contribution in [0.25, 0.3) is 10.9 Å². The number of benzene rings is 1. The lowest BCUT2D eigenvalue weighted by atomic mass is 9.88. The highest BCUT2D eigenvalue weighted by Gasteiger charge is 2.17. The van der Waals surface area contributed by atoms with Crippen molar-refractivity contribution in [3.05, 3.63) is 57.9 Å². The maximum Gasteiger partial charge on any atom is 0.262 e. The maximum atomic E-state index is 12.6. The van der Waals surface area contributed by atoms with Crippen LogP contribution < -0.4 is 5.56 Å². The minimum absolute atomic E-state index is 0.167. The number of ketones is 1. The number of nitrogens with zero attached hydrogens (tertiary/aromatic N) is 1. The van der Waals surface area contributed by atoms with E-state index in [-0.39, 0.29) is 11.3 Å². The van der Waals surface area contributed by atoms with Gasteiger partial charge in [-0.3, -0.25) is 9.59 Å². The number of carbonyl (C=O) groups excluding carboxylic acids is 1. The fraction of sp³-hybridized carbons (Fsp3) is 0.500. The van der Waals surface area contributed by atoms with Crippen LogP contribution in [0, 0.1) is 12.8 Å². The van der Waals surface area contributed by atoms with Crippen LogP contribution in [0.15, 0.2) is 41.2 Å². The molecule has 1 aliphatic rings. The summed E-state index contributed by atoms with van der Waals surface area (Å²) in [6.45, 7) is 9.87. The Labute approximate surface area is 164 Å². The maximum absolute atomic E-state index is 12.6. The van der Waals surface area contributed by atoms with E-state index in [0.717, 1.165) is 29.3 Å². The third kappa shape index (κ3) is 5.41. The van der Waals surface area contributed by atoms with E-state index in [1.54, 1.807) is 17.7 Å². The first kappa shape index (κ1) is 22.9. The predicted molar refractivity (Wildman–Crippen MR) is 117 cm³/mol. The highest BCUT2D eigenvalue weighted by molar-refractivity contribution is 6.07. The summed E-state index contributed by atoms with van der Waals surface area (Å²) >= 11 is 0. The summed E-state index contributed by atoms with van der Waals surface area (Å²) in [6.07, 6.45) is 9.70. The molecule has 0 spiro atoms. The normalized spacial score (nSPS) is 14.3. The summed E-state index contributed by atoms with van der Waals surface area (Å²) in [5, 5.41) is 0.962. The number of pyridine rings is 1. The van der Waals surface area contributed by atoms with E-state index < -0.39 is 0 Å². The first-order valence-corrected chi connectivity index (χ1v) is 10.4. The van der Waals surface area contributed by atoms with Crippen molar-refractivity contribution in [1.29, 1.82) is 0 Å². The van der Waals surface area contributed by atoms with Gasteiger partial charge < -0.3 is 4.57 Å². The molecule has 1 aliphatic carbocycles. The Hall–Kier alpha value is -2.16. The SMILES string of the molecule is CC.CC.Cc1c(C(=O)/C=C/C2CCCCC2)c(=O)n(C)c2ccccc12. The number of para-hydroxylation sites is 1. The van der Waals surface area contributed by atoms with E-state index in [2.05, 4.69) is 0 Å². The molecule has 1 aromatic carbocycles. The molecular weight excluding hydrogens is 334 g/mol. The lowest BCUT2D eigenvalue weighted by Crippen LogP contribution is -2.25. The van der Waals surface area contributed by atoms with Crippen molar-refractivity contribution in [2.24, 2.45) is 13.0 Å². The molecule has 3 nitrogen and oxygen atoms in total.